The van der Waals surface area contributed by atoms with Crippen LogP contribution in [0, 0.1) is 17.3 Å². The first-order valence-corrected chi connectivity index (χ1v) is 13.3. The van der Waals surface area contributed by atoms with Crippen LogP contribution in [0.4, 0.5) is 0 Å². The molecule has 0 saturated carbocycles. The highest BCUT2D eigenvalue weighted by Gasteiger charge is 2.55. The van der Waals surface area contributed by atoms with E-state index < -0.39 is 13.9 Å². The lowest BCUT2D eigenvalue weighted by Crippen LogP contribution is -2.47. The molecular formula is C21H30O4Si. The second-order valence-electron chi connectivity index (χ2n) is 10.3. The van der Waals surface area contributed by atoms with Crippen LogP contribution in [0.3, 0.4) is 0 Å². The van der Waals surface area contributed by atoms with Gasteiger partial charge in [-0.15, -0.1) is 0 Å². The van der Waals surface area contributed by atoms with Gasteiger partial charge in [0.1, 0.15) is 0 Å². The van der Waals surface area contributed by atoms with Crippen LogP contribution in [0.5, 0.6) is 0 Å². The summed E-state index contributed by atoms with van der Waals surface area (Å²) in [4.78, 5) is 25.4. The number of fused-ring (bicyclic) bond motifs is 1. The second-order valence-corrected chi connectivity index (χ2v) is 15.6. The number of carbonyl (C=O) groups excluding carboxylic acids is 2. The lowest BCUT2D eigenvalue weighted by molar-refractivity contribution is -0.283. The van der Waals surface area contributed by atoms with Gasteiger partial charge in [0.05, 0.1) is 21.3 Å². The molecule has 0 aromatic rings. The number of ether oxygens (including phenoxy) is 2. The van der Waals surface area contributed by atoms with Gasteiger partial charge >= 0.3 is 0 Å². The van der Waals surface area contributed by atoms with E-state index in [0.29, 0.717) is 13.2 Å². The summed E-state index contributed by atoms with van der Waals surface area (Å²) >= 11 is 0. The van der Waals surface area contributed by atoms with Crippen LogP contribution < -0.4 is 0 Å². The molecule has 1 saturated heterocycles. The van der Waals surface area contributed by atoms with Crippen LogP contribution in [0.1, 0.15) is 33.1 Å². The first-order chi connectivity index (χ1) is 12.0. The standard InChI is InChI=1S/C21H30O4Si/c1-20(2)24-11-21(12-25-20)9-13-8-14-16(22)6-7-17(23)18(14)19(15(13)10-21)26(3,4)5/h6-7,14,18-19H,8-12H2,1-5H3/t14-,18-,19-/m1/s1. The fourth-order valence-corrected chi connectivity index (χ4v) is 8.40. The van der Waals surface area contributed by atoms with Gasteiger partial charge in [-0.25, -0.2) is 0 Å². The van der Waals surface area contributed by atoms with Crippen molar-refractivity contribution in [1.29, 1.82) is 0 Å². The SMILES string of the molecule is CC1(C)OCC2(CO1)CC1=C(C2)[C@@H]([Si](C)(C)C)[C@H]2C(=O)C=CC(=O)[C@H]2C1. The first-order valence-electron chi connectivity index (χ1n) is 9.76. The topological polar surface area (TPSA) is 52.6 Å². The van der Waals surface area contributed by atoms with Crippen molar-refractivity contribution in [2.45, 2.75) is 64.1 Å². The summed E-state index contributed by atoms with van der Waals surface area (Å²) in [7, 11) is -1.68. The number of allylic oxidation sites excluding steroid dienone is 4. The van der Waals surface area contributed by atoms with Crippen molar-refractivity contribution in [1.82, 2.24) is 0 Å². The maximum Gasteiger partial charge on any atom is 0.162 e. The van der Waals surface area contributed by atoms with E-state index in [1.807, 2.05) is 13.8 Å². The quantitative estimate of drug-likeness (QED) is 0.516. The highest BCUT2D eigenvalue weighted by Crippen LogP contribution is 2.59. The maximum absolute atomic E-state index is 12.8. The highest BCUT2D eigenvalue weighted by molar-refractivity contribution is 6.78. The van der Waals surface area contributed by atoms with Crippen molar-refractivity contribution in [3.8, 4) is 0 Å². The van der Waals surface area contributed by atoms with Gasteiger partial charge in [-0.2, -0.15) is 0 Å². The molecule has 26 heavy (non-hydrogen) atoms. The Labute approximate surface area is 157 Å². The fraction of sp³-hybridized carbons (Fsp3) is 0.714. The maximum atomic E-state index is 12.8. The molecule has 1 fully saturated rings. The van der Waals surface area contributed by atoms with Gasteiger partial charge in [0.2, 0.25) is 0 Å². The molecule has 4 rings (SSSR count). The molecule has 4 nitrogen and oxygen atoms in total. The van der Waals surface area contributed by atoms with E-state index in [9.17, 15) is 9.59 Å². The third kappa shape index (κ3) is 2.88. The number of ketones is 2. The Morgan fingerprint density at radius 2 is 1.62 bits per heavy atom. The Balaban J connectivity index is 1.69. The van der Waals surface area contributed by atoms with Gasteiger partial charge in [0, 0.05) is 17.3 Å². The van der Waals surface area contributed by atoms with Crippen LogP contribution in [-0.4, -0.2) is 38.6 Å². The first kappa shape index (κ1) is 18.3. The third-order valence-corrected chi connectivity index (χ3v) is 9.31. The summed E-state index contributed by atoms with van der Waals surface area (Å²) < 4.78 is 12.0. The monoisotopic (exact) mass is 374 g/mol. The number of carbonyl (C=O) groups is 2. The Morgan fingerprint density at radius 1 is 1.00 bits per heavy atom. The molecule has 0 N–H and O–H groups in total. The zero-order valence-electron chi connectivity index (χ0n) is 16.6. The fourth-order valence-electron chi connectivity index (χ4n) is 5.57. The Hall–Kier alpha value is -1.04. The van der Waals surface area contributed by atoms with E-state index in [0.717, 1.165) is 19.3 Å². The van der Waals surface area contributed by atoms with Crippen molar-refractivity contribution in [2.75, 3.05) is 13.2 Å². The molecule has 0 radical (unpaired) electrons. The summed E-state index contributed by atoms with van der Waals surface area (Å²) in [5.74, 6) is -0.513. The molecular weight excluding hydrogens is 344 g/mol. The van der Waals surface area contributed by atoms with Crippen molar-refractivity contribution in [3.05, 3.63) is 23.3 Å². The van der Waals surface area contributed by atoms with E-state index in [4.69, 9.17) is 9.47 Å². The van der Waals surface area contributed by atoms with Crippen molar-refractivity contribution in [2.24, 2.45) is 17.3 Å². The van der Waals surface area contributed by atoms with Crippen molar-refractivity contribution in [3.63, 3.8) is 0 Å². The zero-order chi connectivity index (χ0) is 18.9. The molecule has 0 aromatic heterocycles. The molecule has 1 heterocycles. The van der Waals surface area contributed by atoms with Crippen LogP contribution in [0.25, 0.3) is 0 Å². The van der Waals surface area contributed by atoms with E-state index in [2.05, 4.69) is 19.6 Å². The van der Waals surface area contributed by atoms with E-state index in [1.165, 1.54) is 23.3 Å². The molecule has 1 aliphatic heterocycles. The van der Waals surface area contributed by atoms with E-state index >= 15 is 0 Å². The summed E-state index contributed by atoms with van der Waals surface area (Å²) in [5, 5.41) is 0. The second kappa shape index (κ2) is 5.73. The average Bonchev–Trinajstić information content (AvgIpc) is 2.89. The molecule has 142 valence electrons. The highest BCUT2D eigenvalue weighted by atomic mass is 28.3. The van der Waals surface area contributed by atoms with Gasteiger partial charge in [0.15, 0.2) is 17.4 Å². The van der Waals surface area contributed by atoms with Gasteiger partial charge in [0.25, 0.3) is 0 Å². The molecule has 1 spiro atoms. The summed E-state index contributed by atoms with van der Waals surface area (Å²) in [6.07, 6.45) is 5.70. The lowest BCUT2D eigenvalue weighted by Gasteiger charge is -2.45. The number of hydrogen-bond acceptors (Lipinski definition) is 4. The summed E-state index contributed by atoms with van der Waals surface area (Å²) in [6.45, 7) is 12.3. The van der Waals surface area contributed by atoms with Gasteiger partial charge in [-0.05, 0) is 50.8 Å². The van der Waals surface area contributed by atoms with Gasteiger partial charge in [-0.3, -0.25) is 9.59 Å². The number of hydrogen-bond donors (Lipinski definition) is 0. The van der Waals surface area contributed by atoms with Crippen molar-refractivity contribution >= 4 is 19.6 Å². The molecule has 5 heteroatoms. The largest absolute Gasteiger partial charge is 0.350 e. The van der Waals surface area contributed by atoms with E-state index in [-0.39, 0.29) is 34.4 Å². The van der Waals surface area contributed by atoms with Crippen LogP contribution in [0.2, 0.25) is 25.2 Å². The Morgan fingerprint density at radius 3 is 2.23 bits per heavy atom. The van der Waals surface area contributed by atoms with Gasteiger partial charge < -0.3 is 9.47 Å². The smallest absolute Gasteiger partial charge is 0.162 e. The zero-order valence-corrected chi connectivity index (χ0v) is 17.6. The molecule has 3 aliphatic carbocycles. The normalized spacial score (nSPS) is 35.7. The van der Waals surface area contributed by atoms with Crippen LogP contribution >= 0.6 is 0 Å². The molecule has 0 aromatic carbocycles. The summed E-state index contributed by atoms with van der Waals surface area (Å²) in [5.41, 5.74) is 3.13. The summed E-state index contributed by atoms with van der Waals surface area (Å²) in [6, 6.07) is 0. The molecule has 0 bridgehead atoms. The minimum Gasteiger partial charge on any atom is -0.350 e. The number of rotatable bonds is 1. The van der Waals surface area contributed by atoms with Crippen LogP contribution in [0.15, 0.2) is 23.3 Å². The minimum absolute atomic E-state index is 0.00882. The van der Waals surface area contributed by atoms with E-state index in [1.54, 1.807) is 0 Å². The Kier molecular flexibility index (Phi) is 4.04. The molecule has 0 unspecified atom stereocenters. The molecule has 4 aliphatic rings. The van der Waals surface area contributed by atoms with Gasteiger partial charge in [-0.1, -0.05) is 30.8 Å². The predicted octanol–water partition coefficient (Wildman–Crippen LogP) is 3.90. The minimum atomic E-state index is -1.68. The Bertz CT molecular complexity index is 715. The molecule has 0 amide bonds. The van der Waals surface area contributed by atoms with Crippen LogP contribution in [-0.2, 0) is 19.1 Å². The third-order valence-electron chi connectivity index (χ3n) is 6.73. The average molecular weight is 375 g/mol. The lowest BCUT2D eigenvalue weighted by atomic mass is 9.70. The van der Waals surface area contributed by atoms with Crippen molar-refractivity contribution < 1.29 is 19.1 Å². The predicted molar refractivity (Wildman–Crippen MR) is 103 cm³/mol. The molecule has 3 atom stereocenters.